The van der Waals surface area contributed by atoms with Gasteiger partial charge in [-0.15, -0.1) is 0 Å². The van der Waals surface area contributed by atoms with Gasteiger partial charge in [0.2, 0.25) is 0 Å². The molecule has 102 valence electrons. The lowest BCUT2D eigenvalue weighted by atomic mass is 10.0. The van der Waals surface area contributed by atoms with Crippen molar-refractivity contribution in [1.82, 2.24) is 0 Å². The lowest BCUT2D eigenvalue weighted by Gasteiger charge is -2.43. The van der Waals surface area contributed by atoms with Crippen molar-refractivity contribution in [3.63, 3.8) is 0 Å². The van der Waals surface area contributed by atoms with Crippen LogP contribution >= 0.6 is 0 Å². The Morgan fingerprint density at radius 2 is 2.11 bits per heavy atom. The van der Waals surface area contributed by atoms with Gasteiger partial charge in [0.25, 0.3) is 0 Å². The Bertz CT molecular complexity index is 462. The van der Waals surface area contributed by atoms with Crippen LogP contribution < -0.4 is 4.90 Å². The minimum Gasteiger partial charge on any atom is -0.382 e. The van der Waals surface area contributed by atoms with Gasteiger partial charge in [0.05, 0.1) is 29.9 Å². The van der Waals surface area contributed by atoms with E-state index in [0.717, 1.165) is 18.8 Å². The molecule has 0 spiro atoms. The van der Waals surface area contributed by atoms with Crippen LogP contribution in [0.4, 0.5) is 5.69 Å². The molecule has 1 aliphatic heterocycles. The fraction of sp³-hybridized carbons (Fsp3) is 0.533. The number of nitriles is 1. The second kappa shape index (κ2) is 5.60. The van der Waals surface area contributed by atoms with Crippen LogP contribution in [0.3, 0.4) is 0 Å². The lowest BCUT2D eigenvalue weighted by molar-refractivity contribution is -0.106. The third-order valence-electron chi connectivity index (χ3n) is 3.20. The molecule has 1 aliphatic rings. The molecule has 0 aromatic heterocycles. The van der Waals surface area contributed by atoms with Crippen molar-refractivity contribution in [3.05, 3.63) is 29.8 Å². The number of anilines is 1. The van der Waals surface area contributed by atoms with E-state index in [1.807, 2.05) is 24.3 Å². The average molecular weight is 260 g/mol. The highest BCUT2D eigenvalue weighted by Gasteiger charge is 2.33. The average Bonchev–Trinajstić information content (AvgIpc) is 2.37. The highest BCUT2D eigenvalue weighted by atomic mass is 16.5. The lowest BCUT2D eigenvalue weighted by Crippen LogP contribution is -2.54. The molecule has 4 nitrogen and oxygen atoms in total. The maximum Gasteiger partial charge on any atom is 0.0991 e. The molecule has 0 radical (unpaired) electrons. The van der Waals surface area contributed by atoms with Gasteiger partial charge in [-0.1, -0.05) is 0 Å². The normalized spacial score (nSPS) is 22.0. The largest absolute Gasteiger partial charge is 0.382 e. The van der Waals surface area contributed by atoms with E-state index in [2.05, 4.69) is 24.8 Å². The van der Waals surface area contributed by atoms with Crippen LogP contribution in [0.2, 0.25) is 0 Å². The molecule has 1 fully saturated rings. The highest BCUT2D eigenvalue weighted by Crippen LogP contribution is 2.26. The van der Waals surface area contributed by atoms with E-state index in [9.17, 15) is 0 Å². The number of morpholine rings is 1. The van der Waals surface area contributed by atoms with Gasteiger partial charge in [0, 0.05) is 25.9 Å². The van der Waals surface area contributed by atoms with Gasteiger partial charge >= 0.3 is 0 Å². The van der Waals surface area contributed by atoms with Crippen LogP contribution in [0, 0.1) is 11.3 Å². The fourth-order valence-corrected chi connectivity index (χ4v) is 2.51. The fourth-order valence-electron chi connectivity index (χ4n) is 2.51. The van der Waals surface area contributed by atoms with Gasteiger partial charge in [0.15, 0.2) is 0 Å². The molecule has 1 atom stereocenters. The summed E-state index contributed by atoms with van der Waals surface area (Å²) in [6.07, 6.45) is 0.0735. The first-order valence-corrected chi connectivity index (χ1v) is 6.46. The van der Waals surface area contributed by atoms with Crippen LogP contribution in [0.15, 0.2) is 24.3 Å². The van der Waals surface area contributed by atoms with E-state index in [1.54, 1.807) is 7.11 Å². The topological polar surface area (TPSA) is 45.5 Å². The minimum atomic E-state index is -0.199. The molecule has 0 bridgehead atoms. The Morgan fingerprint density at radius 3 is 2.68 bits per heavy atom. The van der Waals surface area contributed by atoms with Gasteiger partial charge in [-0.3, -0.25) is 0 Å². The summed E-state index contributed by atoms with van der Waals surface area (Å²) < 4.78 is 11.2. The molecule has 0 saturated carbocycles. The number of rotatable bonds is 3. The molecule has 0 amide bonds. The van der Waals surface area contributed by atoms with Crippen molar-refractivity contribution in [2.24, 2.45) is 0 Å². The second-order valence-electron chi connectivity index (χ2n) is 5.49. The van der Waals surface area contributed by atoms with Crippen LogP contribution in [-0.2, 0) is 9.47 Å². The molecule has 0 unspecified atom stereocenters. The number of methoxy groups -OCH3 is 1. The van der Waals surface area contributed by atoms with Crippen molar-refractivity contribution in [2.75, 3.05) is 31.7 Å². The molecule has 1 aromatic rings. The van der Waals surface area contributed by atoms with Gasteiger partial charge in [0.1, 0.15) is 0 Å². The molecule has 2 rings (SSSR count). The maximum absolute atomic E-state index is 8.83. The Kier molecular flexibility index (Phi) is 4.08. The standard InChI is InChI=1S/C15H20N2O2/c1-15(2)11-17(9-14(19-15)10-18-3)13-6-4-12(8-16)5-7-13/h4-7,14H,9-11H2,1-3H3/t14-/m1/s1. The summed E-state index contributed by atoms with van der Waals surface area (Å²) in [5, 5.41) is 8.83. The third kappa shape index (κ3) is 3.46. The Balaban J connectivity index is 2.15. The zero-order chi connectivity index (χ0) is 13.9. The van der Waals surface area contributed by atoms with Crippen molar-refractivity contribution in [2.45, 2.75) is 25.6 Å². The highest BCUT2D eigenvalue weighted by molar-refractivity contribution is 5.50. The Labute approximate surface area is 114 Å². The SMILES string of the molecule is COC[C@H]1CN(c2ccc(C#N)cc2)CC(C)(C)O1. The van der Waals surface area contributed by atoms with Gasteiger partial charge < -0.3 is 14.4 Å². The van der Waals surface area contributed by atoms with E-state index >= 15 is 0 Å². The summed E-state index contributed by atoms with van der Waals surface area (Å²) in [6, 6.07) is 9.82. The second-order valence-corrected chi connectivity index (χ2v) is 5.49. The van der Waals surface area contributed by atoms with Crippen molar-refractivity contribution >= 4 is 5.69 Å². The van der Waals surface area contributed by atoms with Crippen molar-refractivity contribution in [1.29, 1.82) is 5.26 Å². The summed E-state index contributed by atoms with van der Waals surface area (Å²) >= 11 is 0. The van der Waals surface area contributed by atoms with E-state index in [1.165, 1.54) is 0 Å². The molecular formula is C15H20N2O2. The predicted octanol–water partition coefficient (Wildman–Crippen LogP) is 2.19. The molecule has 1 saturated heterocycles. The summed E-state index contributed by atoms with van der Waals surface area (Å²) in [6.45, 7) is 6.41. The Hall–Kier alpha value is -1.57. The van der Waals surface area contributed by atoms with E-state index in [0.29, 0.717) is 12.2 Å². The number of hydrogen-bond acceptors (Lipinski definition) is 4. The number of benzene rings is 1. The third-order valence-corrected chi connectivity index (χ3v) is 3.20. The molecule has 1 aromatic carbocycles. The van der Waals surface area contributed by atoms with Crippen LogP contribution in [-0.4, -0.2) is 38.5 Å². The van der Waals surface area contributed by atoms with Crippen molar-refractivity contribution < 1.29 is 9.47 Å². The number of ether oxygens (including phenoxy) is 2. The van der Waals surface area contributed by atoms with Crippen LogP contribution in [0.5, 0.6) is 0 Å². The summed E-state index contributed by atoms with van der Waals surface area (Å²) in [4.78, 5) is 2.29. The van der Waals surface area contributed by atoms with E-state index in [-0.39, 0.29) is 11.7 Å². The number of nitrogens with zero attached hydrogens (tertiary/aromatic N) is 2. The first-order chi connectivity index (χ1) is 9.04. The molecule has 0 N–H and O–H groups in total. The summed E-state index contributed by atoms with van der Waals surface area (Å²) in [7, 11) is 1.69. The smallest absolute Gasteiger partial charge is 0.0991 e. The monoisotopic (exact) mass is 260 g/mol. The Morgan fingerprint density at radius 1 is 1.42 bits per heavy atom. The van der Waals surface area contributed by atoms with Crippen molar-refractivity contribution in [3.8, 4) is 6.07 Å². The molecule has 0 aliphatic carbocycles. The van der Waals surface area contributed by atoms with Gasteiger partial charge in [-0.25, -0.2) is 0 Å². The van der Waals surface area contributed by atoms with Gasteiger partial charge in [-0.05, 0) is 38.1 Å². The quantitative estimate of drug-likeness (QED) is 0.835. The first kappa shape index (κ1) is 13.9. The number of hydrogen-bond donors (Lipinski definition) is 0. The molecule has 19 heavy (non-hydrogen) atoms. The summed E-state index contributed by atoms with van der Waals surface area (Å²) in [5.74, 6) is 0. The summed E-state index contributed by atoms with van der Waals surface area (Å²) in [5.41, 5.74) is 1.61. The van der Waals surface area contributed by atoms with Gasteiger partial charge in [-0.2, -0.15) is 5.26 Å². The predicted molar refractivity (Wildman–Crippen MR) is 74.2 cm³/mol. The molecular weight excluding hydrogens is 240 g/mol. The van der Waals surface area contributed by atoms with Crippen LogP contribution in [0.25, 0.3) is 0 Å². The first-order valence-electron chi connectivity index (χ1n) is 6.46. The minimum absolute atomic E-state index is 0.0735. The van der Waals surface area contributed by atoms with E-state index < -0.39 is 0 Å². The van der Waals surface area contributed by atoms with Crippen LogP contribution in [0.1, 0.15) is 19.4 Å². The van der Waals surface area contributed by atoms with E-state index in [4.69, 9.17) is 14.7 Å². The molecule has 1 heterocycles. The zero-order valence-electron chi connectivity index (χ0n) is 11.7. The molecule has 4 heteroatoms. The maximum atomic E-state index is 8.83. The zero-order valence-corrected chi connectivity index (χ0v) is 11.7.